The number of thiazole rings is 1. The fourth-order valence-electron chi connectivity index (χ4n) is 4.42. The molecule has 1 N–H and O–H groups in total. The summed E-state index contributed by atoms with van der Waals surface area (Å²) in [4.78, 5) is 25.3. The van der Waals surface area contributed by atoms with Crippen molar-refractivity contribution in [2.75, 3.05) is 18.0 Å². The van der Waals surface area contributed by atoms with E-state index in [4.69, 9.17) is 4.98 Å². The lowest BCUT2D eigenvalue weighted by atomic mass is 9.87. The van der Waals surface area contributed by atoms with Crippen LogP contribution in [-0.2, 0) is 11.2 Å². The highest BCUT2D eigenvalue weighted by atomic mass is 32.1. The second kappa shape index (κ2) is 7.51. The molecule has 2 aromatic heterocycles. The van der Waals surface area contributed by atoms with Crippen LogP contribution in [0, 0.1) is 5.92 Å². The van der Waals surface area contributed by atoms with Crippen molar-refractivity contribution in [3.63, 3.8) is 0 Å². The maximum atomic E-state index is 12.9. The molecule has 6 heteroatoms. The van der Waals surface area contributed by atoms with Crippen molar-refractivity contribution in [2.45, 2.75) is 38.1 Å². The minimum atomic E-state index is 0.0952. The second-order valence-electron chi connectivity index (χ2n) is 7.74. The number of carbonyl (C=O) groups is 1. The third-order valence-electron chi connectivity index (χ3n) is 5.98. The summed E-state index contributed by atoms with van der Waals surface area (Å²) in [6.45, 7) is 1.75. The molecule has 2 aliphatic rings. The second-order valence-corrected chi connectivity index (χ2v) is 8.69. The summed E-state index contributed by atoms with van der Waals surface area (Å²) in [5.74, 6) is 0.310. The van der Waals surface area contributed by atoms with E-state index < -0.39 is 0 Å². The highest BCUT2D eigenvalue weighted by Gasteiger charge is 2.29. The molecule has 0 saturated carbocycles. The van der Waals surface area contributed by atoms with E-state index in [0.29, 0.717) is 0 Å². The average Bonchev–Trinajstić information content (AvgIpc) is 3.18. The van der Waals surface area contributed by atoms with Crippen molar-refractivity contribution in [3.8, 4) is 0 Å². The zero-order valence-corrected chi connectivity index (χ0v) is 16.6. The largest absolute Gasteiger partial charge is 0.349 e. The van der Waals surface area contributed by atoms with Gasteiger partial charge in [-0.25, -0.2) is 9.97 Å². The van der Waals surface area contributed by atoms with Crippen LogP contribution in [0.25, 0.3) is 10.3 Å². The Morgan fingerprint density at radius 3 is 2.82 bits per heavy atom. The van der Waals surface area contributed by atoms with Crippen LogP contribution in [-0.4, -0.2) is 29.0 Å². The molecule has 5 nitrogen and oxygen atoms in total. The summed E-state index contributed by atoms with van der Waals surface area (Å²) in [5.41, 5.74) is 3.65. The van der Waals surface area contributed by atoms with Crippen molar-refractivity contribution >= 4 is 32.7 Å². The van der Waals surface area contributed by atoms with Gasteiger partial charge in [-0.1, -0.05) is 35.6 Å². The van der Waals surface area contributed by atoms with Crippen molar-refractivity contribution in [2.24, 2.45) is 5.92 Å². The van der Waals surface area contributed by atoms with Crippen molar-refractivity contribution < 1.29 is 4.79 Å². The van der Waals surface area contributed by atoms with Gasteiger partial charge in [-0.3, -0.25) is 4.79 Å². The van der Waals surface area contributed by atoms with Gasteiger partial charge in [0.15, 0.2) is 5.13 Å². The number of aromatic nitrogens is 2. The molecule has 1 atom stereocenters. The fourth-order valence-corrected chi connectivity index (χ4v) is 5.38. The summed E-state index contributed by atoms with van der Waals surface area (Å²) in [6.07, 6.45) is 6.88. The Hall–Kier alpha value is -2.47. The van der Waals surface area contributed by atoms with Crippen LogP contribution in [0.5, 0.6) is 0 Å². The Labute approximate surface area is 168 Å². The number of aryl methyl sites for hydroxylation is 1. The number of piperidine rings is 1. The van der Waals surface area contributed by atoms with E-state index in [1.54, 1.807) is 11.3 Å². The molecule has 3 heterocycles. The fraction of sp³-hybridized carbons (Fsp3) is 0.409. The number of benzene rings is 1. The Bertz CT molecular complexity index is 960. The molecule has 1 fully saturated rings. The molecule has 0 bridgehead atoms. The number of nitrogens with zero attached hydrogens (tertiary/aromatic N) is 3. The highest BCUT2D eigenvalue weighted by Crippen LogP contribution is 2.32. The number of pyridine rings is 1. The van der Waals surface area contributed by atoms with Gasteiger partial charge in [0.25, 0.3) is 0 Å². The first-order chi connectivity index (χ1) is 13.8. The van der Waals surface area contributed by atoms with Crippen LogP contribution in [0.1, 0.15) is 42.9 Å². The Morgan fingerprint density at radius 1 is 1.11 bits per heavy atom. The molecule has 1 aromatic carbocycles. The van der Waals surface area contributed by atoms with Gasteiger partial charge in [0, 0.05) is 25.2 Å². The lowest BCUT2D eigenvalue weighted by Gasteiger charge is -2.33. The molecule has 1 saturated heterocycles. The Balaban J connectivity index is 1.22. The Kier molecular flexibility index (Phi) is 4.72. The van der Waals surface area contributed by atoms with E-state index in [9.17, 15) is 4.79 Å². The monoisotopic (exact) mass is 392 g/mol. The van der Waals surface area contributed by atoms with Crippen molar-refractivity contribution in [3.05, 3.63) is 53.7 Å². The maximum Gasteiger partial charge on any atom is 0.223 e. The molecule has 0 spiro atoms. The lowest BCUT2D eigenvalue weighted by molar-refractivity contribution is -0.126. The zero-order valence-electron chi connectivity index (χ0n) is 15.8. The van der Waals surface area contributed by atoms with Gasteiger partial charge in [0.05, 0.1) is 6.04 Å². The van der Waals surface area contributed by atoms with Gasteiger partial charge >= 0.3 is 0 Å². The van der Waals surface area contributed by atoms with Crippen molar-refractivity contribution in [1.29, 1.82) is 0 Å². The molecule has 1 aliphatic carbocycles. The predicted molar refractivity (Wildman–Crippen MR) is 113 cm³/mol. The number of hydrogen-bond donors (Lipinski definition) is 1. The van der Waals surface area contributed by atoms with Crippen LogP contribution < -0.4 is 10.2 Å². The van der Waals surface area contributed by atoms with Crippen LogP contribution >= 0.6 is 11.3 Å². The number of fused-ring (bicyclic) bond motifs is 2. The smallest absolute Gasteiger partial charge is 0.223 e. The minimum Gasteiger partial charge on any atom is -0.349 e. The normalized spacial score (nSPS) is 20.1. The molecule has 0 unspecified atom stereocenters. The van der Waals surface area contributed by atoms with E-state index in [0.717, 1.165) is 60.7 Å². The summed E-state index contributed by atoms with van der Waals surface area (Å²) < 4.78 is 0. The third-order valence-corrected chi connectivity index (χ3v) is 7.02. The summed E-state index contributed by atoms with van der Waals surface area (Å²) in [7, 11) is 0. The number of hydrogen-bond acceptors (Lipinski definition) is 5. The van der Waals surface area contributed by atoms with E-state index in [1.165, 1.54) is 11.1 Å². The standard InChI is InChI=1S/C22H24N4OS/c27-20(24-18-8-3-6-15-5-1-2-7-17(15)18)16-10-13-26(14-11-16)22-25-19-9-4-12-23-21(19)28-22/h1-2,4-5,7,9,12,16,18H,3,6,8,10-11,13-14H2,(H,24,27)/t18-/m1/s1. The number of amides is 1. The molecule has 1 aliphatic heterocycles. The first-order valence-corrected chi connectivity index (χ1v) is 10.9. The summed E-state index contributed by atoms with van der Waals surface area (Å²) >= 11 is 1.64. The molecule has 28 heavy (non-hydrogen) atoms. The van der Waals surface area contributed by atoms with Gasteiger partial charge < -0.3 is 10.2 Å². The summed E-state index contributed by atoms with van der Waals surface area (Å²) in [5, 5.41) is 4.36. The van der Waals surface area contributed by atoms with Gasteiger partial charge in [-0.05, 0) is 55.4 Å². The zero-order chi connectivity index (χ0) is 18.9. The van der Waals surface area contributed by atoms with Gasteiger partial charge in [-0.15, -0.1) is 0 Å². The molecular formula is C22H24N4OS. The maximum absolute atomic E-state index is 12.9. The van der Waals surface area contributed by atoms with Crippen molar-refractivity contribution in [1.82, 2.24) is 15.3 Å². The van der Waals surface area contributed by atoms with Gasteiger partial charge in [-0.2, -0.15) is 0 Å². The molecule has 5 rings (SSSR count). The van der Waals surface area contributed by atoms with Gasteiger partial charge in [0.1, 0.15) is 10.3 Å². The number of carbonyl (C=O) groups excluding carboxylic acids is 1. The lowest BCUT2D eigenvalue weighted by Crippen LogP contribution is -2.42. The van der Waals surface area contributed by atoms with Gasteiger partial charge in [0.2, 0.25) is 5.91 Å². The van der Waals surface area contributed by atoms with Crippen LogP contribution in [0.4, 0.5) is 5.13 Å². The Morgan fingerprint density at radius 2 is 1.96 bits per heavy atom. The quantitative estimate of drug-likeness (QED) is 0.729. The number of rotatable bonds is 3. The first-order valence-electron chi connectivity index (χ1n) is 10.1. The van der Waals surface area contributed by atoms with Crippen LogP contribution in [0.15, 0.2) is 42.6 Å². The predicted octanol–water partition coefficient (Wildman–Crippen LogP) is 4.10. The van der Waals surface area contributed by atoms with E-state index in [-0.39, 0.29) is 17.9 Å². The minimum absolute atomic E-state index is 0.0952. The highest BCUT2D eigenvalue weighted by molar-refractivity contribution is 7.21. The summed E-state index contributed by atoms with van der Waals surface area (Å²) in [6, 6.07) is 12.6. The molecule has 144 valence electrons. The molecular weight excluding hydrogens is 368 g/mol. The topological polar surface area (TPSA) is 58.1 Å². The number of anilines is 1. The molecule has 1 amide bonds. The van der Waals surface area contributed by atoms with E-state index in [1.807, 2.05) is 18.3 Å². The molecule has 3 aromatic rings. The molecule has 0 radical (unpaired) electrons. The number of nitrogens with one attached hydrogen (secondary N) is 1. The van der Waals surface area contributed by atoms with E-state index >= 15 is 0 Å². The average molecular weight is 393 g/mol. The first kappa shape index (κ1) is 17.6. The van der Waals surface area contributed by atoms with Crippen LogP contribution in [0.2, 0.25) is 0 Å². The third kappa shape index (κ3) is 3.37. The van der Waals surface area contributed by atoms with Crippen LogP contribution in [0.3, 0.4) is 0 Å². The SMILES string of the molecule is O=C(N[C@@H]1CCCc2ccccc21)C1CCN(c2nc3cccnc3s2)CC1. The van der Waals surface area contributed by atoms with E-state index in [2.05, 4.69) is 39.5 Å².